The fourth-order valence-corrected chi connectivity index (χ4v) is 6.19. The Labute approximate surface area is 109 Å². The van der Waals surface area contributed by atoms with Crippen LogP contribution in [0.4, 0.5) is 0 Å². The topological polar surface area (TPSA) is 18.5 Å². The van der Waals surface area contributed by atoms with Crippen LogP contribution < -0.4 is 0 Å². The van der Waals surface area contributed by atoms with E-state index in [4.69, 9.17) is 8.85 Å². The van der Waals surface area contributed by atoms with Crippen LogP contribution in [0, 0.1) is 0 Å². The van der Waals surface area contributed by atoms with Crippen LogP contribution in [0.25, 0.3) is 0 Å². The van der Waals surface area contributed by atoms with E-state index in [0.29, 0.717) is 5.54 Å². The third-order valence-electron chi connectivity index (χ3n) is 2.81. The first-order valence-corrected chi connectivity index (χ1v) is 8.96. The molecule has 17 heavy (non-hydrogen) atoms. The largest absolute Gasteiger partial charge is 0.389 e. The van der Waals surface area contributed by atoms with Crippen molar-refractivity contribution in [3.63, 3.8) is 0 Å². The van der Waals surface area contributed by atoms with Crippen LogP contribution in [0.1, 0.15) is 68.7 Å². The highest BCUT2D eigenvalue weighted by atomic mass is 28.4. The maximum Gasteiger partial charge on any atom is 0.341 e. The van der Waals surface area contributed by atoms with Gasteiger partial charge in [0.2, 0.25) is 0 Å². The van der Waals surface area contributed by atoms with Gasteiger partial charge in [-0.25, -0.2) is 0 Å². The minimum absolute atomic E-state index is 0.128. The van der Waals surface area contributed by atoms with E-state index in [1.165, 1.54) is 0 Å². The first kappa shape index (κ1) is 17.1. The second kappa shape index (κ2) is 5.85. The molecule has 0 spiro atoms. The normalized spacial score (nSPS) is 16.1. The van der Waals surface area contributed by atoms with Crippen molar-refractivity contribution in [3.05, 3.63) is 0 Å². The van der Waals surface area contributed by atoms with Crippen molar-refractivity contribution in [3.8, 4) is 0 Å². The van der Waals surface area contributed by atoms with E-state index >= 15 is 0 Å². The SMILES string of the molecule is CCC(C)[Si](CC)(OC(C)(C)C)OC(C)(C)C. The molecule has 0 aliphatic heterocycles. The van der Waals surface area contributed by atoms with E-state index < -0.39 is 8.56 Å². The molecule has 0 amide bonds. The second-order valence-corrected chi connectivity index (χ2v) is 10.6. The molecule has 0 saturated heterocycles. The highest BCUT2D eigenvalue weighted by molar-refractivity contribution is 6.69. The molecule has 0 bridgehead atoms. The van der Waals surface area contributed by atoms with Gasteiger partial charge in [-0.15, -0.1) is 0 Å². The first-order chi connectivity index (χ1) is 7.46. The van der Waals surface area contributed by atoms with Crippen molar-refractivity contribution in [2.75, 3.05) is 0 Å². The van der Waals surface area contributed by atoms with Crippen molar-refractivity contribution in [1.82, 2.24) is 0 Å². The Balaban J connectivity index is 5.15. The first-order valence-electron chi connectivity index (χ1n) is 6.86. The van der Waals surface area contributed by atoms with E-state index in [0.717, 1.165) is 12.5 Å². The van der Waals surface area contributed by atoms with E-state index in [-0.39, 0.29) is 11.2 Å². The summed E-state index contributed by atoms with van der Waals surface area (Å²) >= 11 is 0. The molecular weight excluding hydrogens is 228 g/mol. The fourth-order valence-electron chi connectivity index (χ4n) is 2.06. The molecule has 0 saturated carbocycles. The molecule has 0 rings (SSSR count). The third-order valence-corrected chi connectivity index (χ3v) is 7.63. The highest BCUT2D eigenvalue weighted by Gasteiger charge is 2.46. The zero-order valence-corrected chi connectivity index (χ0v) is 14.3. The van der Waals surface area contributed by atoms with Gasteiger partial charge in [0.25, 0.3) is 0 Å². The van der Waals surface area contributed by atoms with Gasteiger partial charge in [0.1, 0.15) is 0 Å². The van der Waals surface area contributed by atoms with Crippen LogP contribution in [0.3, 0.4) is 0 Å². The van der Waals surface area contributed by atoms with Crippen molar-refractivity contribution < 1.29 is 8.85 Å². The summed E-state index contributed by atoms with van der Waals surface area (Å²) < 4.78 is 12.8. The van der Waals surface area contributed by atoms with Crippen molar-refractivity contribution >= 4 is 8.56 Å². The maximum absolute atomic E-state index is 6.42. The van der Waals surface area contributed by atoms with E-state index in [1.807, 2.05) is 0 Å². The van der Waals surface area contributed by atoms with Crippen LogP contribution in [0.2, 0.25) is 11.6 Å². The van der Waals surface area contributed by atoms with Gasteiger partial charge in [0.05, 0.1) is 11.2 Å². The molecule has 3 heteroatoms. The molecule has 104 valence electrons. The van der Waals surface area contributed by atoms with E-state index in [2.05, 4.69) is 62.3 Å². The van der Waals surface area contributed by atoms with E-state index in [1.54, 1.807) is 0 Å². The third kappa shape index (κ3) is 6.02. The van der Waals surface area contributed by atoms with Gasteiger partial charge in [0, 0.05) is 0 Å². The van der Waals surface area contributed by atoms with Gasteiger partial charge >= 0.3 is 8.56 Å². The predicted octanol–water partition coefficient (Wildman–Crippen LogP) is 4.88. The van der Waals surface area contributed by atoms with Crippen LogP contribution in [0.15, 0.2) is 0 Å². The lowest BCUT2D eigenvalue weighted by Gasteiger charge is -2.43. The summed E-state index contributed by atoms with van der Waals surface area (Å²) in [4.78, 5) is 0. The molecule has 0 aromatic heterocycles. The average molecular weight is 260 g/mol. The minimum Gasteiger partial charge on any atom is -0.389 e. The lowest BCUT2D eigenvalue weighted by atomic mass is 10.2. The average Bonchev–Trinajstić information content (AvgIpc) is 2.10. The Morgan fingerprint density at radius 3 is 1.41 bits per heavy atom. The summed E-state index contributed by atoms with van der Waals surface area (Å²) in [6, 6.07) is 1.01. The quantitative estimate of drug-likeness (QED) is 0.656. The monoisotopic (exact) mass is 260 g/mol. The molecule has 0 aliphatic carbocycles. The second-order valence-electron chi connectivity index (χ2n) is 6.90. The van der Waals surface area contributed by atoms with Crippen LogP contribution in [-0.2, 0) is 8.85 Å². The van der Waals surface area contributed by atoms with Gasteiger partial charge in [-0.3, -0.25) is 0 Å². The summed E-state index contributed by atoms with van der Waals surface area (Å²) in [5.41, 5.74) is 0.263. The Bertz CT molecular complexity index is 209. The molecule has 1 atom stereocenters. The highest BCUT2D eigenvalue weighted by Crippen LogP contribution is 2.37. The minimum atomic E-state index is -2.14. The van der Waals surface area contributed by atoms with Gasteiger partial charge in [-0.2, -0.15) is 0 Å². The Hall–Kier alpha value is 0.137. The molecule has 2 nitrogen and oxygen atoms in total. The summed E-state index contributed by atoms with van der Waals surface area (Å²) in [6.45, 7) is 19.4. The molecular formula is C14H32O2Si. The number of hydrogen-bond donors (Lipinski definition) is 0. The van der Waals surface area contributed by atoms with Crippen LogP contribution in [0.5, 0.6) is 0 Å². The van der Waals surface area contributed by atoms with Gasteiger partial charge in [0.15, 0.2) is 0 Å². The summed E-state index contributed by atoms with van der Waals surface area (Å²) in [5, 5.41) is 0. The molecule has 0 aromatic rings. The Kier molecular flexibility index (Phi) is 5.90. The summed E-state index contributed by atoms with van der Waals surface area (Å²) in [5.74, 6) is 0. The molecule has 0 fully saturated rings. The summed E-state index contributed by atoms with van der Waals surface area (Å²) in [7, 11) is -2.14. The summed E-state index contributed by atoms with van der Waals surface area (Å²) in [6.07, 6.45) is 1.12. The molecule has 1 unspecified atom stereocenters. The Morgan fingerprint density at radius 2 is 1.24 bits per heavy atom. The molecule has 0 aliphatic rings. The molecule has 0 N–H and O–H groups in total. The lowest BCUT2D eigenvalue weighted by Crippen LogP contribution is -2.53. The smallest absolute Gasteiger partial charge is 0.341 e. The maximum atomic E-state index is 6.42. The van der Waals surface area contributed by atoms with Gasteiger partial charge in [-0.1, -0.05) is 27.2 Å². The molecule has 0 radical (unpaired) electrons. The molecule has 0 aromatic carbocycles. The van der Waals surface area contributed by atoms with E-state index in [9.17, 15) is 0 Å². The van der Waals surface area contributed by atoms with Gasteiger partial charge < -0.3 is 8.85 Å². The van der Waals surface area contributed by atoms with Crippen LogP contribution in [-0.4, -0.2) is 19.8 Å². The Morgan fingerprint density at radius 1 is 0.882 bits per heavy atom. The lowest BCUT2D eigenvalue weighted by molar-refractivity contribution is 0.00936. The standard InChI is InChI=1S/C14H32O2Si/c1-10-12(3)17(11-2,15-13(4,5)6)16-14(7,8)9/h12H,10-11H2,1-9H3. The van der Waals surface area contributed by atoms with Crippen LogP contribution >= 0.6 is 0 Å². The number of hydrogen-bond acceptors (Lipinski definition) is 2. The predicted molar refractivity (Wildman–Crippen MR) is 77.6 cm³/mol. The van der Waals surface area contributed by atoms with Crippen molar-refractivity contribution in [2.24, 2.45) is 0 Å². The van der Waals surface area contributed by atoms with Crippen molar-refractivity contribution in [2.45, 2.75) is 91.5 Å². The van der Waals surface area contributed by atoms with Crippen molar-refractivity contribution in [1.29, 1.82) is 0 Å². The zero-order valence-electron chi connectivity index (χ0n) is 13.3. The zero-order chi connectivity index (χ0) is 13.9. The number of rotatable bonds is 5. The van der Waals surface area contributed by atoms with Gasteiger partial charge in [-0.05, 0) is 53.1 Å². The fraction of sp³-hybridized carbons (Fsp3) is 1.00. The molecule has 0 heterocycles.